The zero-order valence-electron chi connectivity index (χ0n) is 31.8. The lowest BCUT2D eigenvalue weighted by Crippen LogP contribution is -2.66. The summed E-state index contributed by atoms with van der Waals surface area (Å²) in [4.78, 5) is 25.6. The van der Waals surface area contributed by atoms with E-state index in [0.29, 0.717) is 31.1 Å². The molecule has 0 spiro atoms. The summed E-state index contributed by atoms with van der Waals surface area (Å²) in [6, 6.07) is 25.6. The fourth-order valence-corrected chi connectivity index (χ4v) is 14.6. The first-order valence-electron chi connectivity index (χ1n) is 18.6. The Labute approximate surface area is 311 Å². The average molecular weight is 749 g/mol. The van der Waals surface area contributed by atoms with Gasteiger partial charge >= 0.3 is 12.1 Å². The van der Waals surface area contributed by atoms with Gasteiger partial charge in [0.1, 0.15) is 22.3 Å². The minimum absolute atomic E-state index is 0.109. The van der Waals surface area contributed by atoms with Crippen LogP contribution in [0, 0.1) is 12.8 Å². The number of benzene rings is 3. The predicted octanol–water partition coefficient (Wildman–Crippen LogP) is 8.13. The number of aryl methyl sites for hydroxylation is 1. The first kappa shape index (κ1) is 39.7. The van der Waals surface area contributed by atoms with Crippen LogP contribution in [0.2, 0.25) is 5.04 Å². The highest BCUT2D eigenvalue weighted by molar-refractivity contribution is 7.91. The monoisotopic (exact) mass is 748 g/mol. The van der Waals surface area contributed by atoms with E-state index >= 15 is 4.21 Å². The van der Waals surface area contributed by atoms with Crippen LogP contribution in [0.4, 0.5) is 4.79 Å². The number of ether oxygens (including phenoxy) is 2. The molecule has 4 atom stereocenters. The van der Waals surface area contributed by atoms with Gasteiger partial charge in [-0.05, 0) is 105 Å². The van der Waals surface area contributed by atoms with Crippen LogP contribution in [0.1, 0.15) is 92.1 Å². The summed E-state index contributed by atoms with van der Waals surface area (Å²) in [6.45, 7) is 14.7. The van der Waals surface area contributed by atoms with Crippen molar-refractivity contribution in [2.45, 2.75) is 121 Å². The normalized spacial score (nSPS) is 21.2. The summed E-state index contributed by atoms with van der Waals surface area (Å²) in [6.07, 6.45) is 4.19. The van der Waals surface area contributed by atoms with Gasteiger partial charge in [-0.3, -0.25) is 4.79 Å². The molecule has 2 aliphatic rings. The molecule has 11 heteroatoms. The van der Waals surface area contributed by atoms with Crippen molar-refractivity contribution in [3.8, 4) is 5.75 Å². The molecule has 0 aromatic heterocycles. The lowest BCUT2D eigenvalue weighted by Gasteiger charge is -2.43. The Kier molecular flexibility index (Phi) is 12.4. The Morgan fingerprint density at radius 2 is 1.54 bits per heavy atom. The number of carbonyl (C=O) groups excluding carboxylic acids is 1. The lowest BCUT2D eigenvalue weighted by molar-refractivity contribution is -0.140. The van der Waals surface area contributed by atoms with E-state index in [4.69, 9.17) is 13.9 Å². The third-order valence-corrected chi connectivity index (χ3v) is 17.5. The van der Waals surface area contributed by atoms with Crippen molar-refractivity contribution in [3.63, 3.8) is 0 Å². The summed E-state index contributed by atoms with van der Waals surface area (Å²) in [5, 5.41) is 12.5. The molecule has 0 radical (unpaired) electrons. The molecule has 3 aromatic carbocycles. The molecular formula is C41H56N2O7SSi. The van der Waals surface area contributed by atoms with Gasteiger partial charge in [-0.1, -0.05) is 93.9 Å². The van der Waals surface area contributed by atoms with E-state index in [2.05, 4.69) is 85.8 Å². The van der Waals surface area contributed by atoms with Crippen molar-refractivity contribution in [1.29, 1.82) is 0 Å². The van der Waals surface area contributed by atoms with E-state index < -0.39 is 41.9 Å². The Morgan fingerprint density at radius 1 is 0.904 bits per heavy atom. The number of carbonyl (C=O) groups is 2. The number of nitrogens with zero attached hydrogens (tertiary/aromatic N) is 2. The molecule has 1 saturated carbocycles. The second kappa shape index (κ2) is 16.2. The first-order chi connectivity index (χ1) is 24.5. The number of rotatable bonds is 11. The largest absolute Gasteiger partial charge is 0.489 e. The fraction of sp³-hybridized carbons (Fsp3) is 0.512. The second-order valence-electron chi connectivity index (χ2n) is 16.2. The minimum atomic E-state index is -3.76. The van der Waals surface area contributed by atoms with Gasteiger partial charge in [0.25, 0.3) is 8.32 Å². The average Bonchev–Trinajstić information content (AvgIpc) is 3.58. The molecule has 1 amide bonds. The summed E-state index contributed by atoms with van der Waals surface area (Å²) < 4.78 is 40.0. The molecule has 0 bridgehead atoms. The smallest absolute Gasteiger partial charge is 0.443 e. The van der Waals surface area contributed by atoms with Crippen LogP contribution in [0.3, 0.4) is 0 Å². The molecule has 0 unspecified atom stereocenters. The number of carboxylic acid groups (broad SMARTS) is 1. The summed E-state index contributed by atoms with van der Waals surface area (Å²) in [7, 11) is -6.42. The maximum Gasteiger partial charge on any atom is 0.443 e. The number of aliphatic carboxylic acids is 1. The van der Waals surface area contributed by atoms with Crippen molar-refractivity contribution in [1.82, 2.24) is 4.31 Å². The van der Waals surface area contributed by atoms with E-state index in [1.54, 1.807) is 32.9 Å². The first-order valence-corrected chi connectivity index (χ1v) is 21.9. The number of hydrogen-bond donors (Lipinski definition) is 1. The van der Waals surface area contributed by atoms with Gasteiger partial charge in [-0.25, -0.2) is 9.00 Å². The lowest BCUT2D eigenvalue weighted by atomic mass is 9.85. The molecule has 1 aliphatic heterocycles. The number of carboxylic acids is 1. The third kappa shape index (κ3) is 8.98. The topological polar surface area (TPSA) is 115 Å². The van der Waals surface area contributed by atoms with Crippen LogP contribution < -0.4 is 15.1 Å². The third-order valence-electron chi connectivity index (χ3n) is 10.1. The summed E-state index contributed by atoms with van der Waals surface area (Å²) in [5.74, 6) is -0.381. The Morgan fingerprint density at radius 3 is 2.12 bits per heavy atom. The molecule has 2 fully saturated rings. The maximum absolute atomic E-state index is 15.1. The van der Waals surface area contributed by atoms with Crippen molar-refractivity contribution >= 4 is 40.7 Å². The molecule has 9 nitrogen and oxygen atoms in total. The zero-order valence-corrected chi connectivity index (χ0v) is 33.6. The predicted molar refractivity (Wildman–Crippen MR) is 208 cm³/mol. The molecule has 1 saturated heterocycles. The Hall–Kier alpha value is -3.51. The highest BCUT2D eigenvalue weighted by Gasteiger charge is 2.50. The quantitative estimate of drug-likeness (QED) is 0.197. The molecule has 1 heterocycles. The molecule has 52 heavy (non-hydrogen) atoms. The fourth-order valence-electron chi connectivity index (χ4n) is 7.75. The van der Waals surface area contributed by atoms with Crippen LogP contribution in [0.5, 0.6) is 5.75 Å². The second-order valence-corrected chi connectivity index (χ2v) is 22.6. The molecule has 1 N–H and O–H groups in total. The highest BCUT2D eigenvalue weighted by Crippen LogP contribution is 2.39. The van der Waals surface area contributed by atoms with Gasteiger partial charge in [-0.15, -0.1) is 4.36 Å². The number of hydrogen-bond acceptors (Lipinski definition) is 6. The van der Waals surface area contributed by atoms with E-state index in [9.17, 15) is 14.7 Å². The van der Waals surface area contributed by atoms with Gasteiger partial charge in [0.05, 0.1) is 6.10 Å². The van der Waals surface area contributed by atoms with Gasteiger partial charge in [-0.2, -0.15) is 4.31 Å². The minimum Gasteiger partial charge on any atom is -0.489 e. The van der Waals surface area contributed by atoms with Crippen LogP contribution in [-0.2, 0) is 23.9 Å². The van der Waals surface area contributed by atoms with Crippen LogP contribution in [0.15, 0.2) is 88.1 Å². The molecule has 5 rings (SSSR count). The van der Waals surface area contributed by atoms with Crippen molar-refractivity contribution in [3.05, 3.63) is 84.4 Å². The van der Waals surface area contributed by atoms with E-state index in [0.717, 1.165) is 37.7 Å². The van der Waals surface area contributed by atoms with E-state index in [-0.39, 0.29) is 22.6 Å². The van der Waals surface area contributed by atoms with Crippen molar-refractivity contribution in [2.24, 2.45) is 10.3 Å². The standard InChI is InChI=1S/C41H56N2O7SSi/c1-30-23-24-37(51(47,42-39(46)50-40(2,3)4)43-26-15-22-35(43)38(44)45)36(28-30)49-32-17-14-16-31(29-32)25-27-48-52(41(5,6)7,33-18-10-8-11-19-33)34-20-12-9-13-21-34/h8-13,18-21,23-24,28,31-32,35H,14-17,22,25-27,29H2,1-7H3,(H,44,45)/t31-,32-,35+,51-/m1/s1. The van der Waals surface area contributed by atoms with Crippen molar-refractivity contribution < 1.29 is 32.8 Å². The van der Waals surface area contributed by atoms with E-state index in [1.165, 1.54) is 14.7 Å². The molecule has 1 aliphatic carbocycles. The maximum atomic E-state index is 15.1. The van der Waals surface area contributed by atoms with Crippen LogP contribution in [-0.4, -0.2) is 64.9 Å². The summed E-state index contributed by atoms with van der Waals surface area (Å²) >= 11 is 0. The van der Waals surface area contributed by atoms with Gasteiger partial charge in [0, 0.05) is 13.2 Å². The summed E-state index contributed by atoms with van der Waals surface area (Å²) in [5.41, 5.74) is 0.0167. The van der Waals surface area contributed by atoms with Gasteiger partial charge in [0.15, 0.2) is 9.92 Å². The van der Waals surface area contributed by atoms with Crippen LogP contribution in [0.25, 0.3) is 0 Å². The van der Waals surface area contributed by atoms with Crippen LogP contribution >= 0.6 is 0 Å². The van der Waals surface area contributed by atoms with Gasteiger partial charge < -0.3 is 19.0 Å². The molecule has 3 aromatic rings. The highest BCUT2D eigenvalue weighted by atomic mass is 32.2. The van der Waals surface area contributed by atoms with E-state index in [1.807, 2.05) is 13.0 Å². The zero-order chi connectivity index (χ0) is 37.7. The van der Waals surface area contributed by atoms with Crippen molar-refractivity contribution in [2.75, 3.05) is 13.2 Å². The molecule has 282 valence electrons. The Bertz CT molecular complexity index is 1770. The molecular weight excluding hydrogens is 693 g/mol. The Balaban J connectivity index is 1.40. The van der Waals surface area contributed by atoms with Gasteiger partial charge in [0.2, 0.25) is 0 Å². The number of amides is 1. The SMILES string of the molecule is Cc1ccc([S@@](=O)(=NC(=O)OC(C)(C)C)N2CCC[C@H]2C(=O)O)c(O[C@@H]2CCC[C@H](CCO[Si](c3ccccc3)(c3ccccc3)C(C)(C)C)C2)c1.